The van der Waals surface area contributed by atoms with Gasteiger partial charge in [0, 0.05) is 11.9 Å². The molecule has 0 bridgehead atoms. The molecule has 0 N–H and O–H groups in total. The van der Waals surface area contributed by atoms with Crippen LogP contribution in [-0.4, -0.2) is 45.0 Å². The summed E-state index contributed by atoms with van der Waals surface area (Å²) in [6, 6.07) is 0. The SMILES string of the molecule is CCCCCCCCCCCCCCOCCOCCOP(=O)([O-])OCCBr. The van der Waals surface area contributed by atoms with Crippen molar-refractivity contribution in [2.45, 2.75) is 84.0 Å². The number of rotatable bonds is 23. The van der Waals surface area contributed by atoms with Gasteiger partial charge in [-0.2, -0.15) is 0 Å². The van der Waals surface area contributed by atoms with E-state index in [0.29, 0.717) is 18.5 Å². The first-order valence-electron chi connectivity index (χ1n) is 10.9. The Balaban J connectivity index is 3.13. The predicted molar refractivity (Wildman–Crippen MR) is 116 cm³/mol. The fraction of sp³-hybridized carbons (Fsp3) is 1.00. The van der Waals surface area contributed by atoms with Crippen LogP contribution in [0.4, 0.5) is 0 Å². The number of hydrogen-bond acceptors (Lipinski definition) is 6. The summed E-state index contributed by atoms with van der Waals surface area (Å²) in [6.07, 6.45) is 16.0. The molecule has 0 aromatic rings. The van der Waals surface area contributed by atoms with E-state index in [1.165, 1.54) is 70.6 Å². The first kappa shape index (κ1) is 28.5. The zero-order valence-electron chi connectivity index (χ0n) is 17.7. The van der Waals surface area contributed by atoms with Crippen molar-refractivity contribution in [2.75, 3.05) is 45.0 Å². The van der Waals surface area contributed by atoms with Gasteiger partial charge in [-0.1, -0.05) is 93.5 Å². The lowest BCUT2D eigenvalue weighted by atomic mass is 10.1. The first-order valence-corrected chi connectivity index (χ1v) is 13.5. The molecule has 0 amide bonds. The molecule has 0 fully saturated rings. The third kappa shape index (κ3) is 22.8. The highest BCUT2D eigenvalue weighted by Crippen LogP contribution is 2.37. The van der Waals surface area contributed by atoms with Crippen LogP contribution in [0.2, 0.25) is 0 Å². The van der Waals surface area contributed by atoms with Gasteiger partial charge in [0.15, 0.2) is 0 Å². The minimum atomic E-state index is -4.19. The number of phosphoric acid groups is 1. The van der Waals surface area contributed by atoms with Crippen molar-refractivity contribution in [3.05, 3.63) is 0 Å². The van der Waals surface area contributed by atoms with Crippen LogP contribution in [0.5, 0.6) is 0 Å². The van der Waals surface area contributed by atoms with Crippen LogP contribution in [0.1, 0.15) is 84.0 Å². The molecule has 0 saturated heterocycles. The summed E-state index contributed by atoms with van der Waals surface area (Å²) in [5, 5.41) is 0.440. The Hall–Kier alpha value is 0.510. The highest BCUT2D eigenvalue weighted by Gasteiger charge is 2.08. The molecule has 0 rings (SSSR count). The summed E-state index contributed by atoms with van der Waals surface area (Å²) in [5.41, 5.74) is 0. The Morgan fingerprint density at radius 1 is 0.643 bits per heavy atom. The minimum Gasteiger partial charge on any atom is -0.756 e. The smallest absolute Gasteiger partial charge is 0.267 e. The van der Waals surface area contributed by atoms with Gasteiger partial charge in [-0.15, -0.1) is 0 Å². The van der Waals surface area contributed by atoms with Crippen molar-refractivity contribution in [2.24, 2.45) is 0 Å². The van der Waals surface area contributed by atoms with E-state index in [9.17, 15) is 9.46 Å². The molecule has 28 heavy (non-hydrogen) atoms. The normalized spacial score (nSPS) is 13.7. The standard InChI is InChI=1S/C20H42BrO6P/c1-2-3-4-5-6-7-8-9-10-11-12-13-15-24-17-18-25-19-20-27-28(22,23)26-16-14-21/h2-20H2,1H3,(H,22,23)/p-1. The summed E-state index contributed by atoms with van der Waals surface area (Å²) in [6.45, 7) is 4.20. The van der Waals surface area contributed by atoms with Crippen LogP contribution in [0.15, 0.2) is 0 Å². The lowest BCUT2D eigenvalue weighted by Gasteiger charge is -2.21. The quantitative estimate of drug-likeness (QED) is 0.106. The molecule has 170 valence electrons. The third-order valence-electron chi connectivity index (χ3n) is 4.32. The van der Waals surface area contributed by atoms with Crippen LogP contribution in [0, 0.1) is 0 Å². The number of hydrogen-bond donors (Lipinski definition) is 0. The van der Waals surface area contributed by atoms with Crippen LogP contribution < -0.4 is 4.89 Å². The second-order valence-electron chi connectivity index (χ2n) is 6.92. The highest BCUT2D eigenvalue weighted by atomic mass is 79.9. The van der Waals surface area contributed by atoms with Crippen LogP contribution in [-0.2, 0) is 23.1 Å². The zero-order chi connectivity index (χ0) is 20.8. The first-order chi connectivity index (χ1) is 13.6. The van der Waals surface area contributed by atoms with Gasteiger partial charge in [0.1, 0.15) is 0 Å². The summed E-state index contributed by atoms with van der Waals surface area (Å²) in [7, 11) is -4.19. The van der Waals surface area contributed by atoms with Gasteiger partial charge in [0.05, 0.1) is 33.0 Å². The predicted octanol–water partition coefficient (Wildman–Crippen LogP) is 5.62. The fourth-order valence-corrected chi connectivity index (χ4v) is 3.86. The summed E-state index contributed by atoms with van der Waals surface area (Å²) in [5.74, 6) is 0. The average Bonchev–Trinajstić information content (AvgIpc) is 2.68. The second kappa shape index (κ2) is 22.2. The topological polar surface area (TPSA) is 77.1 Å². The average molecular weight is 488 g/mol. The molecule has 0 heterocycles. The Morgan fingerprint density at radius 3 is 1.61 bits per heavy atom. The summed E-state index contributed by atoms with van der Waals surface area (Å²) in [4.78, 5) is 11.3. The Labute approximate surface area is 180 Å². The largest absolute Gasteiger partial charge is 0.756 e. The van der Waals surface area contributed by atoms with E-state index in [4.69, 9.17) is 9.47 Å². The fourth-order valence-electron chi connectivity index (χ4n) is 2.76. The maximum absolute atomic E-state index is 11.3. The van der Waals surface area contributed by atoms with Gasteiger partial charge < -0.3 is 23.4 Å². The number of halogens is 1. The van der Waals surface area contributed by atoms with E-state index < -0.39 is 7.82 Å². The summed E-state index contributed by atoms with van der Waals surface area (Å²) < 4.78 is 31.3. The van der Waals surface area contributed by atoms with E-state index in [1.807, 2.05) is 0 Å². The van der Waals surface area contributed by atoms with Crippen molar-refractivity contribution in [1.29, 1.82) is 0 Å². The van der Waals surface area contributed by atoms with E-state index in [2.05, 4.69) is 31.9 Å². The molecule has 0 radical (unpaired) electrons. The molecular weight excluding hydrogens is 447 g/mol. The van der Waals surface area contributed by atoms with Crippen molar-refractivity contribution < 1.29 is 28.0 Å². The maximum atomic E-state index is 11.3. The third-order valence-corrected chi connectivity index (χ3v) is 5.64. The monoisotopic (exact) mass is 487 g/mol. The highest BCUT2D eigenvalue weighted by molar-refractivity contribution is 9.09. The van der Waals surface area contributed by atoms with Crippen LogP contribution >= 0.6 is 23.8 Å². The van der Waals surface area contributed by atoms with Crippen molar-refractivity contribution >= 4 is 23.8 Å². The van der Waals surface area contributed by atoms with Gasteiger partial charge in [-0.3, -0.25) is 4.57 Å². The second-order valence-corrected chi connectivity index (χ2v) is 9.12. The van der Waals surface area contributed by atoms with Gasteiger partial charge in [0.25, 0.3) is 7.82 Å². The number of phosphoric ester groups is 1. The number of alkyl halides is 1. The molecule has 0 aromatic carbocycles. The Morgan fingerprint density at radius 2 is 1.07 bits per heavy atom. The lowest BCUT2D eigenvalue weighted by Crippen LogP contribution is -2.14. The molecule has 6 nitrogen and oxygen atoms in total. The molecule has 8 heteroatoms. The molecule has 1 unspecified atom stereocenters. The molecule has 1 atom stereocenters. The maximum Gasteiger partial charge on any atom is 0.267 e. The molecule has 0 aromatic heterocycles. The molecule has 0 spiro atoms. The van der Waals surface area contributed by atoms with Crippen molar-refractivity contribution in [1.82, 2.24) is 0 Å². The van der Waals surface area contributed by atoms with Gasteiger partial charge in [-0.05, 0) is 6.42 Å². The van der Waals surface area contributed by atoms with Crippen molar-refractivity contribution in [3.8, 4) is 0 Å². The van der Waals surface area contributed by atoms with E-state index >= 15 is 0 Å². The van der Waals surface area contributed by atoms with E-state index in [0.717, 1.165) is 13.0 Å². The Kier molecular flexibility index (Phi) is 22.6. The molecular formula is C20H41BrO6P-. The van der Waals surface area contributed by atoms with Crippen molar-refractivity contribution in [3.63, 3.8) is 0 Å². The minimum absolute atomic E-state index is 0.0399. The van der Waals surface area contributed by atoms with E-state index in [1.54, 1.807) is 0 Å². The zero-order valence-corrected chi connectivity index (χ0v) is 20.2. The van der Waals surface area contributed by atoms with Gasteiger partial charge >= 0.3 is 0 Å². The molecule has 0 aliphatic heterocycles. The molecule has 0 aliphatic carbocycles. The lowest BCUT2D eigenvalue weighted by molar-refractivity contribution is -0.225. The summed E-state index contributed by atoms with van der Waals surface area (Å²) >= 11 is 3.08. The van der Waals surface area contributed by atoms with Crippen LogP contribution in [0.3, 0.4) is 0 Å². The number of unbranched alkanes of at least 4 members (excludes halogenated alkanes) is 11. The van der Waals surface area contributed by atoms with Gasteiger partial charge in [0.2, 0.25) is 0 Å². The molecule has 0 aliphatic rings. The van der Waals surface area contributed by atoms with E-state index in [-0.39, 0.29) is 19.8 Å². The van der Waals surface area contributed by atoms with Gasteiger partial charge in [-0.25, -0.2) is 0 Å². The van der Waals surface area contributed by atoms with Crippen LogP contribution in [0.25, 0.3) is 0 Å². The Bertz CT molecular complexity index is 360. The number of ether oxygens (including phenoxy) is 2. The molecule has 0 saturated carbocycles.